The predicted molar refractivity (Wildman–Crippen MR) is 66.3 cm³/mol. The Kier molecular flexibility index (Phi) is 3.80. The predicted octanol–water partition coefficient (Wildman–Crippen LogP) is 1.77. The summed E-state index contributed by atoms with van der Waals surface area (Å²) < 4.78 is 37.1. The summed E-state index contributed by atoms with van der Waals surface area (Å²) in [5.74, 6) is -1.71. The number of hydrogen-bond donors (Lipinski definition) is 1. The number of carbonyl (C=O) groups excluding carboxylic acids is 1. The summed E-state index contributed by atoms with van der Waals surface area (Å²) >= 11 is 0. The average Bonchev–Trinajstić information content (AvgIpc) is 2.37. The number of benzene rings is 1. The van der Waals surface area contributed by atoms with Crippen LogP contribution in [0.2, 0.25) is 0 Å². The molecule has 104 valence electrons. The summed E-state index contributed by atoms with van der Waals surface area (Å²) in [6, 6.07) is 7.30. The fourth-order valence-corrected chi connectivity index (χ4v) is 2.29. The average molecular weight is 272 g/mol. The van der Waals surface area contributed by atoms with Crippen molar-refractivity contribution in [3.8, 4) is 0 Å². The normalized spacial score (nSPS) is 19.2. The first-order chi connectivity index (χ1) is 8.91. The number of Topliss-reactive ketones (excluding diaryl/α,β-unsaturated/α-hetero) is 1. The maximum absolute atomic E-state index is 12.4. The van der Waals surface area contributed by atoms with Crippen LogP contribution in [0.15, 0.2) is 24.3 Å². The fraction of sp³-hybridized carbons (Fsp3) is 0.462. The molecule has 0 bridgehead atoms. The van der Waals surface area contributed by atoms with Crippen LogP contribution in [0.5, 0.6) is 0 Å². The van der Waals surface area contributed by atoms with E-state index in [9.17, 15) is 18.0 Å². The van der Waals surface area contributed by atoms with Gasteiger partial charge in [0, 0.05) is 18.3 Å². The molecular weight excluding hydrogens is 257 g/mol. The SMILES string of the molecule is CN[C@@H]1Cc2ccccc2N(CC(=O)C(F)(F)F)C1. The molecule has 0 unspecified atom stereocenters. The lowest BCUT2D eigenvalue weighted by Crippen LogP contribution is -2.48. The molecule has 0 saturated carbocycles. The first kappa shape index (κ1) is 13.9. The van der Waals surface area contributed by atoms with E-state index in [1.54, 1.807) is 19.2 Å². The fourth-order valence-electron chi connectivity index (χ4n) is 2.29. The van der Waals surface area contributed by atoms with Gasteiger partial charge in [-0.1, -0.05) is 18.2 Å². The van der Waals surface area contributed by atoms with Crippen LogP contribution in [0.3, 0.4) is 0 Å². The number of carbonyl (C=O) groups is 1. The van der Waals surface area contributed by atoms with Gasteiger partial charge in [0.1, 0.15) is 0 Å². The maximum atomic E-state index is 12.4. The minimum Gasteiger partial charge on any atom is -0.362 e. The minimum atomic E-state index is -4.78. The van der Waals surface area contributed by atoms with Gasteiger partial charge >= 0.3 is 6.18 Å². The third-order valence-electron chi connectivity index (χ3n) is 3.30. The van der Waals surface area contributed by atoms with E-state index in [2.05, 4.69) is 5.32 Å². The lowest BCUT2D eigenvalue weighted by Gasteiger charge is -2.35. The van der Waals surface area contributed by atoms with Crippen LogP contribution in [0.25, 0.3) is 0 Å². The molecule has 1 heterocycles. The van der Waals surface area contributed by atoms with Crippen LogP contribution in [-0.2, 0) is 11.2 Å². The topological polar surface area (TPSA) is 32.3 Å². The highest BCUT2D eigenvalue weighted by Gasteiger charge is 2.40. The largest absolute Gasteiger partial charge is 0.451 e. The lowest BCUT2D eigenvalue weighted by molar-refractivity contribution is -0.169. The number of alkyl halides is 3. The number of nitrogens with one attached hydrogen (secondary N) is 1. The van der Waals surface area contributed by atoms with Gasteiger partial charge in [0.25, 0.3) is 5.78 Å². The highest BCUT2D eigenvalue weighted by molar-refractivity contribution is 5.88. The zero-order chi connectivity index (χ0) is 14.0. The second-order valence-corrected chi connectivity index (χ2v) is 4.62. The van der Waals surface area contributed by atoms with E-state index in [1.807, 2.05) is 12.1 Å². The zero-order valence-corrected chi connectivity index (χ0v) is 10.5. The van der Waals surface area contributed by atoms with Crippen molar-refractivity contribution in [2.45, 2.75) is 18.6 Å². The molecule has 6 heteroatoms. The van der Waals surface area contributed by atoms with Gasteiger partial charge in [-0.05, 0) is 25.1 Å². The number of rotatable bonds is 3. The van der Waals surface area contributed by atoms with Gasteiger partial charge in [-0.3, -0.25) is 4.79 Å². The number of hydrogen-bond acceptors (Lipinski definition) is 3. The highest BCUT2D eigenvalue weighted by atomic mass is 19.4. The third kappa shape index (κ3) is 3.07. The van der Waals surface area contributed by atoms with Crippen LogP contribution in [0.4, 0.5) is 18.9 Å². The summed E-state index contributed by atoms with van der Waals surface area (Å²) in [6.07, 6.45) is -4.02. The van der Waals surface area contributed by atoms with Gasteiger partial charge in [0.2, 0.25) is 0 Å². The molecule has 1 atom stereocenters. The number of nitrogens with zero attached hydrogens (tertiary/aromatic N) is 1. The third-order valence-corrected chi connectivity index (χ3v) is 3.30. The summed E-state index contributed by atoms with van der Waals surface area (Å²) in [6.45, 7) is -0.228. The van der Waals surface area contributed by atoms with E-state index in [0.717, 1.165) is 12.0 Å². The molecule has 1 aliphatic heterocycles. The Morgan fingerprint density at radius 2 is 2.11 bits per heavy atom. The van der Waals surface area contributed by atoms with Crippen molar-refractivity contribution in [1.29, 1.82) is 0 Å². The van der Waals surface area contributed by atoms with Crippen molar-refractivity contribution in [2.75, 3.05) is 25.0 Å². The number of halogens is 3. The van der Waals surface area contributed by atoms with E-state index in [0.29, 0.717) is 12.2 Å². The molecule has 0 spiro atoms. The van der Waals surface area contributed by atoms with Crippen LogP contribution in [0.1, 0.15) is 5.56 Å². The molecule has 0 aromatic heterocycles. The summed E-state index contributed by atoms with van der Waals surface area (Å²) in [5.41, 5.74) is 1.68. The smallest absolute Gasteiger partial charge is 0.362 e. The molecule has 19 heavy (non-hydrogen) atoms. The Hall–Kier alpha value is -1.56. The standard InChI is InChI=1S/C13H15F3N2O/c1-17-10-6-9-4-2-3-5-11(9)18(7-10)8-12(19)13(14,15)16/h2-5,10,17H,6-8H2,1H3/t10-/m1/s1. The molecule has 0 amide bonds. The molecule has 0 fully saturated rings. The van der Waals surface area contributed by atoms with Crippen LogP contribution in [0, 0.1) is 0 Å². The van der Waals surface area contributed by atoms with Gasteiger partial charge in [0.15, 0.2) is 0 Å². The van der Waals surface area contributed by atoms with Gasteiger partial charge < -0.3 is 10.2 Å². The van der Waals surface area contributed by atoms with Crippen LogP contribution in [-0.4, -0.2) is 38.1 Å². The van der Waals surface area contributed by atoms with Gasteiger partial charge in [-0.25, -0.2) is 0 Å². The second kappa shape index (κ2) is 5.21. The van der Waals surface area contributed by atoms with Gasteiger partial charge in [0.05, 0.1) is 6.54 Å². The Balaban J connectivity index is 2.22. The highest BCUT2D eigenvalue weighted by Crippen LogP contribution is 2.28. The Morgan fingerprint density at radius 1 is 1.42 bits per heavy atom. The second-order valence-electron chi connectivity index (χ2n) is 4.62. The van der Waals surface area contributed by atoms with E-state index < -0.39 is 18.5 Å². The van der Waals surface area contributed by atoms with Crippen molar-refractivity contribution in [1.82, 2.24) is 5.32 Å². The minimum absolute atomic E-state index is 0.0518. The number of ketones is 1. The lowest BCUT2D eigenvalue weighted by atomic mass is 9.97. The van der Waals surface area contributed by atoms with Gasteiger partial charge in [-0.2, -0.15) is 13.2 Å². The number of anilines is 1. The molecule has 2 rings (SSSR count). The molecule has 1 aliphatic rings. The zero-order valence-electron chi connectivity index (χ0n) is 10.5. The van der Waals surface area contributed by atoms with E-state index in [4.69, 9.17) is 0 Å². The number of fused-ring (bicyclic) bond motifs is 1. The Bertz CT molecular complexity index is 473. The molecule has 0 saturated heterocycles. The van der Waals surface area contributed by atoms with E-state index in [1.165, 1.54) is 4.90 Å². The summed E-state index contributed by atoms with van der Waals surface area (Å²) in [5, 5.41) is 3.05. The van der Waals surface area contributed by atoms with Crippen molar-refractivity contribution in [3.05, 3.63) is 29.8 Å². The molecule has 0 aliphatic carbocycles. The van der Waals surface area contributed by atoms with Crippen LogP contribution < -0.4 is 10.2 Å². The van der Waals surface area contributed by atoms with Gasteiger partial charge in [-0.15, -0.1) is 0 Å². The monoisotopic (exact) mass is 272 g/mol. The number of para-hydroxylation sites is 1. The van der Waals surface area contributed by atoms with E-state index >= 15 is 0 Å². The molecule has 0 radical (unpaired) electrons. The molecular formula is C13H15F3N2O. The molecule has 1 aromatic carbocycles. The van der Waals surface area contributed by atoms with Crippen LogP contribution >= 0.6 is 0 Å². The first-order valence-corrected chi connectivity index (χ1v) is 6.02. The molecule has 1 aromatic rings. The van der Waals surface area contributed by atoms with Crippen molar-refractivity contribution in [2.24, 2.45) is 0 Å². The Morgan fingerprint density at radius 3 is 2.74 bits per heavy atom. The molecule has 1 N–H and O–H groups in total. The van der Waals surface area contributed by atoms with Crippen molar-refractivity contribution >= 4 is 11.5 Å². The first-order valence-electron chi connectivity index (χ1n) is 6.02. The Labute approximate surface area is 109 Å². The number of likely N-dealkylation sites (N-methyl/N-ethyl adjacent to an activating group) is 1. The van der Waals surface area contributed by atoms with Crippen molar-refractivity contribution < 1.29 is 18.0 Å². The van der Waals surface area contributed by atoms with Crippen molar-refractivity contribution in [3.63, 3.8) is 0 Å². The van der Waals surface area contributed by atoms with E-state index in [-0.39, 0.29) is 6.04 Å². The summed E-state index contributed by atoms with van der Waals surface area (Å²) in [4.78, 5) is 12.6. The summed E-state index contributed by atoms with van der Waals surface area (Å²) in [7, 11) is 1.77. The quantitative estimate of drug-likeness (QED) is 0.910. The molecule has 3 nitrogen and oxygen atoms in total. The maximum Gasteiger partial charge on any atom is 0.451 e.